The molecule has 1 aliphatic rings. The van der Waals surface area contributed by atoms with E-state index in [0.717, 1.165) is 19.0 Å². The Morgan fingerprint density at radius 3 is 2.29 bits per heavy atom. The lowest BCUT2D eigenvalue weighted by Crippen LogP contribution is -2.56. The molecule has 1 saturated heterocycles. The molecule has 0 atom stereocenters. The van der Waals surface area contributed by atoms with Gasteiger partial charge in [0.15, 0.2) is 0 Å². The van der Waals surface area contributed by atoms with Crippen LogP contribution in [0.5, 0.6) is 5.75 Å². The Balaban J connectivity index is 2.23. The third kappa shape index (κ3) is 1.38. The molecule has 14 heavy (non-hydrogen) atoms. The van der Waals surface area contributed by atoms with E-state index >= 15 is 0 Å². The van der Waals surface area contributed by atoms with Gasteiger partial charge >= 0.3 is 0 Å². The van der Waals surface area contributed by atoms with Gasteiger partial charge in [-0.05, 0) is 24.7 Å². The van der Waals surface area contributed by atoms with E-state index in [2.05, 4.69) is 17.4 Å². The number of rotatable bonds is 3. The minimum absolute atomic E-state index is 0.0201. The first-order valence-electron chi connectivity index (χ1n) is 4.72. The molecule has 0 aromatic heterocycles. The summed E-state index contributed by atoms with van der Waals surface area (Å²) in [5, 5.41) is 3.30. The quantitative estimate of drug-likeness (QED) is 0.781. The van der Waals surface area contributed by atoms with Crippen molar-refractivity contribution in [2.75, 3.05) is 27.4 Å². The molecule has 0 radical (unpaired) electrons. The molecule has 1 fully saturated rings. The Labute approximate surface area is 84.0 Å². The highest BCUT2D eigenvalue weighted by Gasteiger charge is 2.38. The van der Waals surface area contributed by atoms with Gasteiger partial charge in [0.1, 0.15) is 5.75 Å². The van der Waals surface area contributed by atoms with Crippen molar-refractivity contribution in [3.05, 3.63) is 29.8 Å². The van der Waals surface area contributed by atoms with E-state index in [4.69, 9.17) is 9.47 Å². The molecule has 3 heteroatoms. The van der Waals surface area contributed by atoms with Crippen LogP contribution in [-0.4, -0.2) is 27.4 Å². The van der Waals surface area contributed by atoms with Crippen molar-refractivity contribution >= 4 is 0 Å². The number of benzene rings is 1. The largest absolute Gasteiger partial charge is 0.497 e. The van der Waals surface area contributed by atoms with Gasteiger partial charge in [0.2, 0.25) is 0 Å². The molecule has 0 unspecified atom stereocenters. The molecule has 1 heterocycles. The van der Waals surface area contributed by atoms with Crippen LogP contribution in [0.3, 0.4) is 0 Å². The van der Waals surface area contributed by atoms with E-state index in [1.165, 1.54) is 5.56 Å². The lowest BCUT2D eigenvalue weighted by atomic mass is 9.88. The third-order valence-corrected chi connectivity index (χ3v) is 2.82. The van der Waals surface area contributed by atoms with Gasteiger partial charge in [-0.25, -0.2) is 0 Å². The summed E-state index contributed by atoms with van der Waals surface area (Å²) in [7, 11) is 3.64. The van der Waals surface area contributed by atoms with Gasteiger partial charge in [-0.1, -0.05) is 12.1 Å². The lowest BCUT2D eigenvalue weighted by molar-refractivity contribution is -0.0747. The molecular formula is C11H15NO2. The molecular weight excluding hydrogens is 178 g/mol. The molecule has 76 valence electrons. The maximum absolute atomic E-state index is 5.25. The van der Waals surface area contributed by atoms with Gasteiger partial charge in [-0.15, -0.1) is 0 Å². The van der Waals surface area contributed by atoms with Crippen molar-refractivity contribution in [2.45, 2.75) is 5.54 Å². The summed E-state index contributed by atoms with van der Waals surface area (Å²) in [5.74, 6) is 0.889. The topological polar surface area (TPSA) is 30.5 Å². The minimum atomic E-state index is 0.0201. The summed E-state index contributed by atoms with van der Waals surface area (Å²) < 4.78 is 10.4. The first kappa shape index (κ1) is 9.49. The predicted octanol–water partition coefficient (Wildman–Crippen LogP) is 1.14. The van der Waals surface area contributed by atoms with Gasteiger partial charge in [0, 0.05) is 0 Å². The zero-order valence-corrected chi connectivity index (χ0v) is 8.54. The normalized spacial score (nSPS) is 18.7. The van der Waals surface area contributed by atoms with Crippen molar-refractivity contribution in [1.29, 1.82) is 0 Å². The van der Waals surface area contributed by atoms with Crippen molar-refractivity contribution < 1.29 is 9.47 Å². The predicted molar refractivity (Wildman–Crippen MR) is 54.6 cm³/mol. The van der Waals surface area contributed by atoms with Crippen molar-refractivity contribution in [2.24, 2.45) is 0 Å². The molecule has 1 aromatic carbocycles. The summed E-state index contributed by atoms with van der Waals surface area (Å²) in [6, 6.07) is 8.12. The van der Waals surface area contributed by atoms with Crippen LogP contribution < -0.4 is 10.1 Å². The highest BCUT2D eigenvalue weighted by molar-refractivity contribution is 5.33. The van der Waals surface area contributed by atoms with Crippen LogP contribution in [0.2, 0.25) is 0 Å². The van der Waals surface area contributed by atoms with Crippen LogP contribution in [0.4, 0.5) is 0 Å². The average Bonchev–Trinajstić information content (AvgIpc) is 2.18. The lowest BCUT2D eigenvalue weighted by Gasteiger charge is -2.41. The second-order valence-electron chi connectivity index (χ2n) is 3.55. The van der Waals surface area contributed by atoms with E-state index in [0.29, 0.717) is 0 Å². The van der Waals surface area contributed by atoms with E-state index in [1.807, 2.05) is 19.2 Å². The molecule has 1 aliphatic heterocycles. The van der Waals surface area contributed by atoms with Crippen LogP contribution in [0.15, 0.2) is 24.3 Å². The molecule has 1 N–H and O–H groups in total. The molecule has 1 aromatic rings. The van der Waals surface area contributed by atoms with Crippen LogP contribution >= 0.6 is 0 Å². The fourth-order valence-electron chi connectivity index (χ4n) is 1.67. The molecule has 2 rings (SSSR count). The Hall–Kier alpha value is -1.06. The number of hydrogen-bond acceptors (Lipinski definition) is 3. The summed E-state index contributed by atoms with van der Waals surface area (Å²) in [6.45, 7) is 1.49. The van der Waals surface area contributed by atoms with Crippen molar-refractivity contribution in [3.8, 4) is 5.75 Å². The van der Waals surface area contributed by atoms with E-state index in [-0.39, 0.29) is 5.54 Å². The second kappa shape index (κ2) is 3.59. The van der Waals surface area contributed by atoms with E-state index < -0.39 is 0 Å². The van der Waals surface area contributed by atoms with Crippen LogP contribution in [-0.2, 0) is 10.3 Å². The number of hydrogen-bond donors (Lipinski definition) is 1. The number of methoxy groups -OCH3 is 1. The fourth-order valence-corrected chi connectivity index (χ4v) is 1.67. The smallest absolute Gasteiger partial charge is 0.118 e. The first-order valence-corrected chi connectivity index (χ1v) is 4.72. The maximum Gasteiger partial charge on any atom is 0.118 e. The van der Waals surface area contributed by atoms with Crippen molar-refractivity contribution in [1.82, 2.24) is 5.32 Å². The fraction of sp³-hybridized carbons (Fsp3) is 0.455. The highest BCUT2D eigenvalue weighted by atomic mass is 16.5. The number of nitrogens with one attached hydrogen (secondary N) is 1. The standard InChI is InChI=1S/C11H15NO2/c1-12-11(7-14-8-11)9-3-5-10(13-2)6-4-9/h3-6,12H,7-8H2,1-2H3. The van der Waals surface area contributed by atoms with Gasteiger partial charge in [-0.2, -0.15) is 0 Å². The Morgan fingerprint density at radius 2 is 1.93 bits per heavy atom. The molecule has 0 aliphatic carbocycles. The molecule has 0 spiro atoms. The zero-order chi connectivity index (χ0) is 10.0. The number of ether oxygens (including phenoxy) is 2. The van der Waals surface area contributed by atoms with Crippen LogP contribution in [0.1, 0.15) is 5.56 Å². The van der Waals surface area contributed by atoms with Gasteiger partial charge in [0.25, 0.3) is 0 Å². The summed E-state index contributed by atoms with van der Waals surface area (Å²) in [4.78, 5) is 0. The minimum Gasteiger partial charge on any atom is -0.497 e. The van der Waals surface area contributed by atoms with Crippen LogP contribution in [0.25, 0.3) is 0 Å². The second-order valence-corrected chi connectivity index (χ2v) is 3.55. The average molecular weight is 193 g/mol. The monoisotopic (exact) mass is 193 g/mol. The van der Waals surface area contributed by atoms with Gasteiger partial charge < -0.3 is 14.8 Å². The number of likely N-dealkylation sites (N-methyl/N-ethyl adjacent to an activating group) is 1. The Bertz CT molecular complexity index is 298. The van der Waals surface area contributed by atoms with E-state index in [1.54, 1.807) is 7.11 Å². The Kier molecular flexibility index (Phi) is 2.44. The van der Waals surface area contributed by atoms with Crippen LogP contribution in [0, 0.1) is 0 Å². The molecule has 0 saturated carbocycles. The molecule has 0 bridgehead atoms. The first-order chi connectivity index (χ1) is 6.80. The molecule has 3 nitrogen and oxygen atoms in total. The summed E-state index contributed by atoms with van der Waals surface area (Å²) >= 11 is 0. The maximum atomic E-state index is 5.25. The zero-order valence-electron chi connectivity index (χ0n) is 8.54. The van der Waals surface area contributed by atoms with E-state index in [9.17, 15) is 0 Å². The molecule has 0 amide bonds. The van der Waals surface area contributed by atoms with Crippen molar-refractivity contribution in [3.63, 3.8) is 0 Å². The summed E-state index contributed by atoms with van der Waals surface area (Å²) in [5.41, 5.74) is 1.28. The van der Waals surface area contributed by atoms with Gasteiger partial charge in [-0.3, -0.25) is 0 Å². The van der Waals surface area contributed by atoms with Gasteiger partial charge in [0.05, 0.1) is 25.9 Å². The SMILES string of the molecule is CNC1(c2ccc(OC)cc2)COC1. The summed E-state index contributed by atoms with van der Waals surface area (Å²) in [6.07, 6.45) is 0. The Morgan fingerprint density at radius 1 is 1.29 bits per heavy atom. The third-order valence-electron chi connectivity index (χ3n) is 2.82. The highest BCUT2D eigenvalue weighted by Crippen LogP contribution is 2.29.